The maximum absolute atomic E-state index is 12.4. The number of nitrogens with zero attached hydrogens (tertiary/aromatic N) is 4. The Morgan fingerprint density at radius 2 is 1.79 bits per heavy atom. The number of amides is 1. The van der Waals surface area contributed by atoms with Gasteiger partial charge < -0.3 is 14.5 Å². The van der Waals surface area contributed by atoms with Crippen molar-refractivity contribution in [1.82, 2.24) is 10.4 Å². The second-order valence-corrected chi connectivity index (χ2v) is 8.18. The molecule has 8 heteroatoms. The standard InChI is InChI=1S/C21H27N5O2S/c1-16(17-5-7-18(8-6-17)25-9-3-2-4-10-25)23-24-20(27)19-15-29-21(22-19)26-11-13-28-14-12-26/h5-8,15H,2-4,9-14H2,1H3,(H,24,27)/b23-16+. The first-order valence-corrected chi connectivity index (χ1v) is 11.1. The number of carbonyl (C=O) groups is 1. The van der Waals surface area contributed by atoms with E-state index in [0.717, 1.165) is 42.6 Å². The third-order valence-corrected chi connectivity index (χ3v) is 6.24. The Morgan fingerprint density at radius 3 is 2.52 bits per heavy atom. The van der Waals surface area contributed by atoms with Crippen molar-refractivity contribution in [3.05, 3.63) is 40.9 Å². The molecule has 2 aromatic rings. The number of hydrogen-bond acceptors (Lipinski definition) is 7. The van der Waals surface area contributed by atoms with Crippen LogP contribution in [0, 0.1) is 0 Å². The minimum Gasteiger partial charge on any atom is -0.378 e. The summed E-state index contributed by atoms with van der Waals surface area (Å²) in [4.78, 5) is 21.4. The molecule has 1 aromatic heterocycles. The molecule has 4 rings (SSSR count). The van der Waals surface area contributed by atoms with E-state index >= 15 is 0 Å². The van der Waals surface area contributed by atoms with E-state index in [1.807, 2.05) is 6.92 Å². The molecule has 1 aromatic carbocycles. The summed E-state index contributed by atoms with van der Waals surface area (Å²) < 4.78 is 5.36. The summed E-state index contributed by atoms with van der Waals surface area (Å²) in [5, 5.41) is 6.90. The van der Waals surface area contributed by atoms with Crippen molar-refractivity contribution >= 4 is 33.8 Å². The van der Waals surface area contributed by atoms with E-state index in [1.54, 1.807) is 5.38 Å². The van der Waals surface area contributed by atoms with Crippen molar-refractivity contribution in [2.75, 3.05) is 49.2 Å². The molecule has 0 atom stereocenters. The Balaban J connectivity index is 1.35. The molecule has 0 bridgehead atoms. The molecule has 1 N–H and O–H groups in total. The Morgan fingerprint density at radius 1 is 1.07 bits per heavy atom. The van der Waals surface area contributed by atoms with Gasteiger partial charge in [-0.2, -0.15) is 5.10 Å². The van der Waals surface area contributed by atoms with Crippen LogP contribution in [0.1, 0.15) is 42.2 Å². The molecule has 154 valence electrons. The van der Waals surface area contributed by atoms with E-state index in [2.05, 4.69) is 49.6 Å². The molecule has 3 heterocycles. The van der Waals surface area contributed by atoms with Crippen LogP contribution in [0.3, 0.4) is 0 Å². The number of ether oxygens (including phenoxy) is 1. The fourth-order valence-electron chi connectivity index (χ4n) is 3.59. The summed E-state index contributed by atoms with van der Waals surface area (Å²) in [7, 11) is 0. The van der Waals surface area contributed by atoms with E-state index in [0.29, 0.717) is 18.9 Å². The summed E-state index contributed by atoms with van der Waals surface area (Å²) in [6, 6.07) is 8.40. The van der Waals surface area contributed by atoms with Crippen molar-refractivity contribution in [3.63, 3.8) is 0 Å². The molecular formula is C21H27N5O2S. The molecule has 0 saturated carbocycles. The van der Waals surface area contributed by atoms with Gasteiger partial charge in [0.25, 0.3) is 5.91 Å². The van der Waals surface area contributed by atoms with Gasteiger partial charge in [0.2, 0.25) is 0 Å². The van der Waals surface area contributed by atoms with Crippen molar-refractivity contribution in [1.29, 1.82) is 0 Å². The van der Waals surface area contributed by atoms with Crippen LogP contribution in [0.25, 0.3) is 0 Å². The van der Waals surface area contributed by atoms with Gasteiger partial charge in [-0.1, -0.05) is 12.1 Å². The lowest BCUT2D eigenvalue weighted by atomic mass is 10.1. The molecule has 2 aliphatic rings. The van der Waals surface area contributed by atoms with Crippen LogP contribution in [0.4, 0.5) is 10.8 Å². The minimum atomic E-state index is -0.287. The van der Waals surface area contributed by atoms with Gasteiger partial charge in [-0.05, 0) is 43.9 Å². The average molecular weight is 414 g/mol. The number of rotatable bonds is 5. The maximum atomic E-state index is 12.4. The number of nitrogens with one attached hydrogen (secondary N) is 1. The van der Waals surface area contributed by atoms with Gasteiger partial charge in [-0.15, -0.1) is 11.3 Å². The van der Waals surface area contributed by atoms with Crippen LogP contribution in [-0.2, 0) is 4.74 Å². The first-order chi connectivity index (χ1) is 14.2. The molecule has 2 aliphatic heterocycles. The molecule has 0 aliphatic carbocycles. The minimum absolute atomic E-state index is 0.287. The molecule has 29 heavy (non-hydrogen) atoms. The Bertz CT molecular complexity index is 852. The summed E-state index contributed by atoms with van der Waals surface area (Å²) >= 11 is 1.48. The van der Waals surface area contributed by atoms with Crippen molar-refractivity contribution in [3.8, 4) is 0 Å². The molecular weight excluding hydrogens is 386 g/mol. The highest BCUT2D eigenvalue weighted by atomic mass is 32.1. The number of anilines is 2. The fraction of sp³-hybridized carbons (Fsp3) is 0.476. The van der Waals surface area contributed by atoms with Gasteiger partial charge >= 0.3 is 0 Å². The molecule has 2 saturated heterocycles. The first-order valence-electron chi connectivity index (χ1n) is 10.2. The summed E-state index contributed by atoms with van der Waals surface area (Å²) in [5.74, 6) is -0.287. The van der Waals surface area contributed by atoms with Crippen molar-refractivity contribution in [2.45, 2.75) is 26.2 Å². The monoisotopic (exact) mass is 413 g/mol. The summed E-state index contributed by atoms with van der Waals surface area (Å²) in [5.41, 5.74) is 6.05. The van der Waals surface area contributed by atoms with Crippen LogP contribution < -0.4 is 15.2 Å². The lowest BCUT2D eigenvalue weighted by Gasteiger charge is -2.28. The topological polar surface area (TPSA) is 70.1 Å². The number of hydrazone groups is 1. The SMILES string of the molecule is C/C(=N\NC(=O)c1csc(N2CCOCC2)n1)c1ccc(N2CCCCC2)cc1. The molecule has 7 nitrogen and oxygen atoms in total. The summed E-state index contributed by atoms with van der Waals surface area (Å²) in [6.45, 7) is 7.16. The number of benzene rings is 1. The van der Waals surface area contributed by atoms with Crippen molar-refractivity contribution < 1.29 is 9.53 Å². The van der Waals surface area contributed by atoms with E-state index in [9.17, 15) is 4.79 Å². The van der Waals surface area contributed by atoms with Gasteiger partial charge in [0.05, 0.1) is 18.9 Å². The van der Waals surface area contributed by atoms with E-state index < -0.39 is 0 Å². The van der Waals surface area contributed by atoms with Crippen LogP contribution >= 0.6 is 11.3 Å². The summed E-state index contributed by atoms with van der Waals surface area (Å²) in [6.07, 6.45) is 3.85. The number of morpholine rings is 1. The van der Waals surface area contributed by atoms with Gasteiger partial charge in [-0.25, -0.2) is 10.4 Å². The largest absolute Gasteiger partial charge is 0.378 e. The van der Waals surface area contributed by atoms with E-state index in [4.69, 9.17) is 4.74 Å². The fourth-order valence-corrected chi connectivity index (χ4v) is 4.45. The Labute approximate surface area is 175 Å². The van der Waals surface area contributed by atoms with Crippen LogP contribution in [0.2, 0.25) is 0 Å². The Hall–Kier alpha value is -2.45. The maximum Gasteiger partial charge on any atom is 0.290 e. The van der Waals surface area contributed by atoms with E-state index in [-0.39, 0.29) is 5.91 Å². The predicted molar refractivity (Wildman–Crippen MR) is 117 cm³/mol. The highest BCUT2D eigenvalue weighted by Crippen LogP contribution is 2.22. The number of aromatic nitrogens is 1. The van der Waals surface area contributed by atoms with Gasteiger partial charge in [0.15, 0.2) is 5.13 Å². The normalized spacial score (nSPS) is 18.0. The average Bonchev–Trinajstić information content (AvgIpc) is 3.29. The third-order valence-electron chi connectivity index (χ3n) is 5.34. The molecule has 0 unspecified atom stereocenters. The zero-order valence-corrected chi connectivity index (χ0v) is 17.6. The number of hydrogen-bond donors (Lipinski definition) is 1. The lowest BCUT2D eigenvalue weighted by molar-refractivity contribution is 0.0950. The smallest absolute Gasteiger partial charge is 0.290 e. The second-order valence-electron chi connectivity index (χ2n) is 7.35. The number of thiazole rings is 1. The van der Waals surface area contributed by atoms with Crippen LogP contribution in [0.5, 0.6) is 0 Å². The first kappa shape index (κ1) is 19.8. The quantitative estimate of drug-likeness (QED) is 0.602. The van der Waals surface area contributed by atoms with Gasteiger partial charge in [0.1, 0.15) is 5.69 Å². The molecule has 0 radical (unpaired) electrons. The lowest BCUT2D eigenvalue weighted by Crippen LogP contribution is -2.36. The van der Waals surface area contributed by atoms with Gasteiger partial charge in [0, 0.05) is 37.2 Å². The predicted octanol–water partition coefficient (Wildman–Crippen LogP) is 3.12. The van der Waals surface area contributed by atoms with Crippen LogP contribution in [-0.4, -0.2) is 56.0 Å². The zero-order chi connectivity index (χ0) is 20.1. The van der Waals surface area contributed by atoms with Crippen LogP contribution in [0.15, 0.2) is 34.7 Å². The highest BCUT2D eigenvalue weighted by molar-refractivity contribution is 7.13. The van der Waals surface area contributed by atoms with Crippen molar-refractivity contribution in [2.24, 2.45) is 5.10 Å². The molecule has 1 amide bonds. The Kier molecular flexibility index (Phi) is 6.41. The number of piperidine rings is 1. The second kappa shape index (κ2) is 9.37. The molecule has 0 spiro atoms. The van der Waals surface area contributed by atoms with E-state index in [1.165, 1.54) is 36.3 Å². The van der Waals surface area contributed by atoms with Gasteiger partial charge in [-0.3, -0.25) is 4.79 Å². The third kappa shape index (κ3) is 4.94. The number of carbonyl (C=O) groups excluding carboxylic acids is 1. The molecule has 2 fully saturated rings. The zero-order valence-electron chi connectivity index (χ0n) is 16.8. The highest BCUT2D eigenvalue weighted by Gasteiger charge is 2.17.